The molecule has 0 unspecified atom stereocenters. The van der Waals surface area contributed by atoms with Crippen LogP contribution in [-0.2, 0) is 6.18 Å². The van der Waals surface area contributed by atoms with Gasteiger partial charge in [-0.1, -0.05) is 12.5 Å². The Morgan fingerprint density at radius 1 is 1.17 bits per heavy atom. The molecule has 1 rings (SSSR count). The molecule has 0 saturated heterocycles. The normalized spacial score (nSPS) is 13.7. The Balaban J connectivity index is 2.78. The Morgan fingerprint density at radius 2 is 1.83 bits per heavy atom. The van der Waals surface area contributed by atoms with E-state index in [9.17, 15) is 17.6 Å². The van der Waals surface area contributed by atoms with Crippen molar-refractivity contribution in [3.05, 3.63) is 35.1 Å². The van der Waals surface area contributed by atoms with Crippen LogP contribution in [0, 0.1) is 5.82 Å². The average molecular weight is 264 g/mol. The van der Waals surface area contributed by atoms with Gasteiger partial charge in [-0.2, -0.15) is 13.2 Å². The van der Waals surface area contributed by atoms with Crippen LogP contribution in [0.25, 0.3) is 0 Å². The Kier molecular flexibility index (Phi) is 5.10. The van der Waals surface area contributed by atoms with Crippen LogP contribution in [0.5, 0.6) is 0 Å². The summed E-state index contributed by atoms with van der Waals surface area (Å²) in [7, 11) is 0. The zero-order valence-electron chi connectivity index (χ0n) is 9.80. The third kappa shape index (κ3) is 3.96. The molecule has 0 saturated carbocycles. The smallest absolute Gasteiger partial charge is 0.330 e. The fourth-order valence-electron chi connectivity index (χ4n) is 1.67. The van der Waals surface area contributed by atoms with E-state index in [0.29, 0.717) is 18.5 Å². The third-order valence-electron chi connectivity index (χ3n) is 2.70. The zero-order valence-corrected chi connectivity index (χ0v) is 9.80. The molecule has 0 bridgehead atoms. The molecule has 0 aliphatic heterocycles. The van der Waals surface area contributed by atoms with E-state index in [4.69, 9.17) is 11.5 Å². The third-order valence-corrected chi connectivity index (χ3v) is 2.70. The van der Waals surface area contributed by atoms with Crippen LogP contribution in [-0.4, -0.2) is 6.54 Å². The van der Waals surface area contributed by atoms with E-state index in [-0.39, 0.29) is 0 Å². The van der Waals surface area contributed by atoms with Crippen LogP contribution in [0.4, 0.5) is 17.6 Å². The van der Waals surface area contributed by atoms with Crippen molar-refractivity contribution >= 4 is 0 Å². The lowest BCUT2D eigenvalue weighted by atomic mass is 10.00. The van der Waals surface area contributed by atoms with E-state index < -0.39 is 23.6 Å². The van der Waals surface area contributed by atoms with Crippen molar-refractivity contribution in [3.8, 4) is 0 Å². The highest BCUT2D eigenvalue weighted by atomic mass is 19.4. The van der Waals surface area contributed by atoms with Gasteiger partial charge in [0.05, 0.1) is 5.56 Å². The SMILES string of the molecule is NCCCC[C@H](N)c1ccc(C(F)(F)F)c(F)c1. The Labute approximate surface area is 103 Å². The molecule has 0 amide bonds. The molecule has 0 aliphatic rings. The molecule has 0 fully saturated rings. The predicted molar refractivity (Wildman–Crippen MR) is 61.2 cm³/mol. The van der Waals surface area contributed by atoms with Crippen molar-refractivity contribution in [2.45, 2.75) is 31.5 Å². The number of unbranched alkanes of at least 4 members (excludes halogenated alkanes) is 1. The highest BCUT2D eigenvalue weighted by molar-refractivity contribution is 5.28. The van der Waals surface area contributed by atoms with Crippen molar-refractivity contribution in [2.24, 2.45) is 11.5 Å². The summed E-state index contributed by atoms with van der Waals surface area (Å²) in [6.45, 7) is 0.536. The largest absolute Gasteiger partial charge is 0.419 e. The second kappa shape index (κ2) is 6.15. The summed E-state index contributed by atoms with van der Waals surface area (Å²) in [5.41, 5.74) is 10.2. The number of hydrogen-bond acceptors (Lipinski definition) is 2. The molecular formula is C12H16F4N2. The summed E-state index contributed by atoms with van der Waals surface area (Å²) in [6.07, 6.45) is -2.55. The summed E-state index contributed by atoms with van der Waals surface area (Å²) >= 11 is 0. The van der Waals surface area contributed by atoms with Gasteiger partial charge in [-0.05, 0) is 37.1 Å². The maximum absolute atomic E-state index is 13.3. The van der Waals surface area contributed by atoms with Gasteiger partial charge in [0.1, 0.15) is 5.82 Å². The Hall–Kier alpha value is -1.14. The highest BCUT2D eigenvalue weighted by Crippen LogP contribution is 2.32. The average Bonchev–Trinajstić information content (AvgIpc) is 2.27. The zero-order chi connectivity index (χ0) is 13.8. The maximum Gasteiger partial charge on any atom is 0.419 e. The summed E-state index contributed by atoms with van der Waals surface area (Å²) < 4.78 is 50.3. The van der Waals surface area contributed by atoms with Gasteiger partial charge >= 0.3 is 6.18 Å². The van der Waals surface area contributed by atoms with Crippen LogP contribution in [0.3, 0.4) is 0 Å². The van der Waals surface area contributed by atoms with Gasteiger partial charge in [0, 0.05) is 6.04 Å². The van der Waals surface area contributed by atoms with Gasteiger partial charge in [0.2, 0.25) is 0 Å². The number of alkyl halides is 3. The van der Waals surface area contributed by atoms with E-state index in [0.717, 1.165) is 25.0 Å². The van der Waals surface area contributed by atoms with Crippen LogP contribution in [0.2, 0.25) is 0 Å². The van der Waals surface area contributed by atoms with Gasteiger partial charge in [0.15, 0.2) is 0 Å². The predicted octanol–water partition coefficient (Wildman–Crippen LogP) is 2.97. The number of nitrogens with two attached hydrogens (primary N) is 2. The molecule has 102 valence electrons. The van der Waals surface area contributed by atoms with E-state index in [1.807, 2.05) is 0 Å². The van der Waals surface area contributed by atoms with Gasteiger partial charge in [-0.25, -0.2) is 4.39 Å². The maximum atomic E-state index is 13.3. The molecule has 0 spiro atoms. The van der Waals surface area contributed by atoms with Gasteiger partial charge in [0.25, 0.3) is 0 Å². The molecule has 0 heterocycles. The topological polar surface area (TPSA) is 52.0 Å². The first-order valence-corrected chi connectivity index (χ1v) is 5.68. The fraction of sp³-hybridized carbons (Fsp3) is 0.500. The van der Waals surface area contributed by atoms with Crippen molar-refractivity contribution in [1.29, 1.82) is 0 Å². The second-order valence-electron chi connectivity index (χ2n) is 4.13. The molecule has 1 aromatic carbocycles. The van der Waals surface area contributed by atoms with Gasteiger partial charge in [-0.3, -0.25) is 0 Å². The number of rotatable bonds is 5. The Bertz CT molecular complexity index is 390. The standard InChI is InChI=1S/C12H16F4N2/c13-10-7-8(11(18)3-1-2-6-17)4-5-9(10)12(14,15)16/h4-5,7,11H,1-3,6,17-18H2/t11-/m0/s1. The van der Waals surface area contributed by atoms with Gasteiger partial charge < -0.3 is 11.5 Å². The van der Waals surface area contributed by atoms with Crippen LogP contribution in [0.1, 0.15) is 36.4 Å². The molecule has 6 heteroatoms. The quantitative estimate of drug-likeness (QED) is 0.634. The summed E-state index contributed by atoms with van der Waals surface area (Å²) in [5, 5.41) is 0. The van der Waals surface area contributed by atoms with Crippen LogP contribution in [0.15, 0.2) is 18.2 Å². The minimum absolute atomic E-state index is 0.373. The first kappa shape index (κ1) is 14.9. The number of hydrogen-bond donors (Lipinski definition) is 2. The number of benzene rings is 1. The monoisotopic (exact) mass is 264 g/mol. The van der Waals surface area contributed by atoms with E-state index in [1.54, 1.807) is 0 Å². The van der Waals surface area contributed by atoms with E-state index in [1.165, 1.54) is 6.07 Å². The molecule has 4 N–H and O–H groups in total. The minimum atomic E-state index is -4.67. The van der Waals surface area contributed by atoms with E-state index in [2.05, 4.69) is 0 Å². The fourth-order valence-corrected chi connectivity index (χ4v) is 1.67. The second-order valence-corrected chi connectivity index (χ2v) is 4.13. The molecule has 0 aliphatic carbocycles. The summed E-state index contributed by atoms with van der Waals surface area (Å²) in [6, 6.07) is 2.34. The first-order chi connectivity index (χ1) is 8.36. The van der Waals surface area contributed by atoms with Gasteiger partial charge in [-0.15, -0.1) is 0 Å². The first-order valence-electron chi connectivity index (χ1n) is 5.68. The lowest BCUT2D eigenvalue weighted by Crippen LogP contribution is -2.13. The van der Waals surface area contributed by atoms with Crippen molar-refractivity contribution < 1.29 is 17.6 Å². The molecule has 0 radical (unpaired) electrons. The highest BCUT2D eigenvalue weighted by Gasteiger charge is 2.34. The van der Waals surface area contributed by atoms with Crippen molar-refractivity contribution in [1.82, 2.24) is 0 Å². The molecule has 0 aromatic heterocycles. The molecule has 1 atom stereocenters. The molecular weight excluding hydrogens is 248 g/mol. The van der Waals surface area contributed by atoms with Crippen molar-refractivity contribution in [3.63, 3.8) is 0 Å². The molecule has 1 aromatic rings. The van der Waals surface area contributed by atoms with Crippen LogP contribution < -0.4 is 11.5 Å². The minimum Gasteiger partial charge on any atom is -0.330 e. The lowest BCUT2D eigenvalue weighted by molar-refractivity contribution is -0.140. The summed E-state index contributed by atoms with van der Waals surface area (Å²) in [5.74, 6) is -1.28. The van der Waals surface area contributed by atoms with E-state index >= 15 is 0 Å². The number of halogens is 4. The Morgan fingerprint density at radius 3 is 2.33 bits per heavy atom. The molecule has 2 nitrogen and oxygen atoms in total. The lowest BCUT2D eigenvalue weighted by Gasteiger charge is -2.14. The summed E-state index contributed by atoms with van der Waals surface area (Å²) in [4.78, 5) is 0. The van der Waals surface area contributed by atoms with Crippen molar-refractivity contribution in [2.75, 3.05) is 6.54 Å². The molecule has 18 heavy (non-hydrogen) atoms. The van der Waals surface area contributed by atoms with Crippen LogP contribution >= 0.6 is 0 Å².